The number of aromatic amines is 1. The van der Waals surface area contributed by atoms with E-state index in [0.717, 1.165) is 70.3 Å². The van der Waals surface area contributed by atoms with Gasteiger partial charge in [0.25, 0.3) is 0 Å². The maximum absolute atomic E-state index is 12.9. The first-order valence-corrected chi connectivity index (χ1v) is 12.9. The van der Waals surface area contributed by atoms with Crippen molar-refractivity contribution in [2.45, 2.75) is 33.1 Å². The van der Waals surface area contributed by atoms with Gasteiger partial charge >= 0.3 is 0 Å². The molecule has 0 radical (unpaired) electrons. The van der Waals surface area contributed by atoms with Gasteiger partial charge < -0.3 is 10.6 Å². The number of halogens is 1. The van der Waals surface area contributed by atoms with Crippen LogP contribution in [0.5, 0.6) is 0 Å². The summed E-state index contributed by atoms with van der Waals surface area (Å²) in [6, 6.07) is 10.7. The molecule has 0 saturated carbocycles. The Balaban J connectivity index is 0.000000204. The van der Waals surface area contributed by atoms with Crippen LogP contribution in [0.4, 0.5) is 10.1 Å². The number of aromatic nitrogens is 4. The molecular formula is C31H35FN6. The largest absolute Gasteiger partial charge is 0.352 e. The van der Waals surface area contributed by atoms with Gasteiger partial charge in [0.05, 0.1) is 17.6 Å². The molecule has 0 spiro atoms. The van der Waals surface area contributed by atoms with E-state index in [-0.39, 0.29) is 5.82 Å². The SMILES string of the molecule is C=C(Nc1cn[nH]c1C(=C)C)c1cncc(CC2CCNCC2)c1.Cc1cncc(-c2cccc(F)c2)c1. The summed E-state index contributed by atoms with van der Waals surface area (Å²) in [5, 5.41) is 13.8. The van der Waals surface area contributed by atoms with Gasteiger partial charge in [-0.05, 0) is 98.6 Å². The summed E-state index contributed by atoms with van der Waals surface area (Å²) >= 11 is 0. The summed E-state index contributed by atoms with van der Waals surface area (Å²) in [5.74, 6) is 0.525. The first-order valence-electron chi connectivity index (χ1n) is 12.9. The summed E-state index contributed by atoms with van der Waals surface area (Å²) in [4.78, 5) is 8.47. The molecule has 196 valence electrons. The molecule has 0 unspecified atom stereocenters. The van der Waals surface area contributed by atoms with Gasteiger partial charge in [-0.3, -0.25) is 15.1 Å². The number of hydrogen-bond donors (Lipinski definition) is 3. The molecule has 4 aromatic rings. The second-order valence-corrected chi connectivity index (χ2v) is 9.78. The van der Waals surface area contributed by atoms with Crippen molar-refractivity contribution in [1.82, 2.24) is 25.5 Å². The van der Waals surface area contributed by atoms with Gasteiger partial charge in [0.2, 0.25) is 0 Å². The Bertz CT molecular complexity index is 1340. The van der Waals surface area contributed by atoms with E-state index in [1.54, 1.807) is 24.7 Å². The third-order valence-electron chi connectivity index (χ3n) is 6.51. The highest BCUT2D eigenvalue weighted by Gasteiger charge is 2.14. The molecule has 0 aliphatic carbocycles. The lowest BCUT2D eigenvalue weighted by Gasteiger charge is -2.22. The highest BCUT2D eigenvalue weighted by Crippen LogP contribution is 2.25. The average Bonchev–Trinajstić information content (AvgIpc) is 3.38. The number of allylic oxidation sites excluding steroid dienone is 1. The fourth-order valence-corrected chi connectivity index (χ4v) is 4.51. The Hall–Kier alpha value is -4.10. The number of nitrogens with zero attached hydrogens (tertiary/aromatic N) is 3. The van der Waals surface area contributed by atoms with Crippen LogP contribution in [0.25, 0.3) is 22.4 Å². The lowest BCUT2D eigenvalue weighted by Crippen LogP contribution is -2.28. The average molecular weight is 511 g/mol. The van der Waals surface area contributed by atoms with Gasteiger partial charge in [-0.2, -0.15) is 5.10 Å². The number of aryl methyl sites for hydroxylation is 1. The van der Waals surface area contributed by atoms with Crippen LogP contribution in [0, 0.1) is 18.7 Å². The molecule has 38 heavy (non-hydrogen) atoms. The fraction of sp³-hybridized carbons (Fsp3) is 0.258. The molecule has 5 rings (SSSR count). The van der Waals surface area contributed by atoms with Crippen molar-refractivity contribution >= 4 is 17.0 Å². The van der Waals surface area contributed by atoms with Crippen molar-refractivity contribution in [3.8, 4) is 11.1 Å². The maximum atomic E-state index is 12.9. The minimum Gasteiger partial charge on any atom is -0.352 e. The Kier molecular flexibility index (Phi) is 9.16. The van der Waals surface area contributed by atoms with Gasteiger partial charge in [0, 0.05) is 41.6 Å². The second-order valence-electron chi connectivity index (χ2n) is 9.78. The van der Waals surface area contributed by atoms with Crippen LogP contribution in [0.15, 0.2) is 80.5 Å². The Morgan fingerprint density at radius 3 is 2.53 bits per heavy atom. The number of anilines is 1. The van der Waals surface area contributed by atoms with Crippen LogP contribution >= 0.6 is 0 Å². The minimum atomic E-state index is -0.219. The molecule has 0 bridgehead atoms. The van der Waals surface area contributed by atoms with Crippen molar-refractivity contribution in [2.24, 2.45) is 5.92 Å². The number of H-pyrrole nitrogens is 1. The molecule has 0 atom stereocenters. The van der Waals surface area contributed by atoms with Crippen molar-refractivity contribution < 1.29 is 4.39 Å². The molecule has 4 heterocycles. The maximum Gasteiger partial charge on any atom is 0.123 e. The third kappa shape index (κ3) is 7.46. The second kappa shape index (κ2) is 12.9. The number of rotatable bonds is 7. The molecule has 0 amide bonds. The highest BCUT2D eigenvalue weighted by atomic mass is 19.1. The van der Waals surface area contributed by atoms with Crippen LogP contribution in [-0.2, 0) is 6.42 Å². The highest BCUT2D eigenvalue weighted by molar-refractivity contribution is 5.80. The fourth-order valence-electron chi connectivity index (χ4n) is 4.51. The van der Waals surface area contributed by atoms with E-state index in [1.807, 2.05) is 38.4 Å². The predicted octanol–water partition coefficient (Wildman–Crippen LogP) is 6.66. The monoisotopic (exact) mass is 510 g/mol. The lowest BCUT2D eigenvalue weighted by atomic mass is 9.91. The van der Waals surface area contributed by atoms with Gasteiger partial charge in [0.1, 0.15) is 5.82 Å². The molecule has 1 aliphatic rings. The summed E-state index contributed by atoms with van der Waals surface area (Å²) in [6.45, 7) is 14.3. The number of piperidine rings is 1. The van der Waals surface area contributed by atoms with E-state index in [9.17, 15) is 4.39 Å². The van der Waals surface area contributed by atoms with E-state index >= 15 is 0 Å². The molecule has 6 nitrogen and oxygen atoms in total. The van der Waals surface area contributed by atoms with Crippen molar-refractivity contribution in [3.63, 3.8) is 0 Å². The molecule has 1 fully saturated rings. The van der Waals surface area contributed by atoms with Crippen LogP contribution in [0.1, 0.15) is 42.1 Å². The van der Waals surface area contributed by atoms with Gasteiger partial charge in [-0.25, -0.2) is 4.39 Å². The smallest absolute Gasteiger partial charge is 0.123 e. The van der Waals surface area contributed by atoms with Crippen LogP contribution in [0.3, 0.4) is 0 Å². The number of nitrogens with one attached hydrogen (secondary N) is 3. The molecule has 1 aromatic carbocycles. The first-order chi connectivity index (χ1) is 18.4. The normalized spacial score (nSPS) is 13.3. The van der Waals surface area contributed by atoms with E-state index in [2.05, 4.69) is 50.0 Å². The van der Waals surface area contributed by atoms with E-state index < -0.39 is 0 Å². The molecule has 1 saturated heterocycles. The van der Waals surface area contributed by atoms with Crippen LogP contribution < -0.4 is 10.6 Å². The molecule has 3 aromatic heterocycles. The Morgan fingerprint density at radius 2 is 1.79 bits per heavy atom. The van der Waals surface area contributed by atoms with Crippen LogP contribution in [-0.4, -0.2) is 33.3 Å². The summed E-state index contributed by atoms with van der Waals surface area (Å²) in [5.41, 5.74) is 8.70. The predicted molar refractivity (Wildman–Crippen MR) is 154 cm³/mol. The number of hydrogen-bond acceptors (Lipinski definition) is 5. The summed E-state index contributed by atoms with van der Waals surface area (Å²) in [7, 11) is 0. The molecule has 3 N–H and O–H groups in total. The molecular weight excluding hydrogens is 475 g/mol. The van der Waals surface area contributed by atoms with Crippen LogP contribution in [0.2, 0.25) is 0 Å². The van der Waals surface area contributed by atoms with Crippen molar-refractivity contribution in [2.75, 3.05) is 18.4 Å². The summed E-state index contributed by atoms with van der Waals surface area (Å²) in [6.07, 6.45) is 12.6. The van der Waals surface area contributed by atoms with Gasteiger partial charge in [-0.1, -0.05) is 25.3 Å². The number of benzene rings is 1. The number of pyridine rings is 2. The van der Waals surface area contributed by atoms with Crippen molar-refractivity contribution in [3.05, 3.63) is 109 Å². The third-order valence-corrected chi connectivity index (χ3v) is 6.51. The Morgan fingerprint density at radius 1 is 1.00 bits per heavy atom. The molecule has 7 heteroatoms. The molecule has 1 aliphatic heterocycles. The Labute approximate surface area is 224 Å². The van der Waals surface area contributed by atoms with E-state index in [1.165, 1.54) is 30.5 Å². The van der Waals surface area contributed by atoms with E-state index in [0.29, 0.717) is 0 Å². The van der Waals surface area contributed by atoms with Gasteiger partial charge in [0.15, 0.2) is 0 Å². The first kappa shape index (κ1) is 26.9. The summed E-state index contributed by atoms with van der Waals surface area (Å²) < 4.78 is 12.9. The van der Waals surface area contributed by atoms with Gasteiger partial charge in [-0.15, -0.1) is 0 Å². The zero-order chi connectivity index (χ0) is 26.9. The lowest BCUT2D eigenvalue weighted by molar-refractivity contribution is 0.372. The standard InChI is InChI=1S/C19H25N5.C12H10FN/c1-13(2)19-18(12-22-24-19)23-14(3)17-9-16(10-21-11-17)8-15-4-6-20-7-5-15;1-9-5-11(8-14-7-9)10-3-2-4-12(13)6-10/h9-12,15,20,23H,1,3-8H2,2H3,(H,22,24);2-8H,1H3. The minimum absolute atomic E-state index is 0.219. The zero-order valence-electron chi connectivity index (χ0n) is 22.1. The zero-order valence-corrected chi connectivity index (χ0v) is 22.1. The topological polar surface area (TPSA) is 78.5 Å². The quantitative estimate of drug-likeness (QED) is 0.259. The van der Waals surface area contributed by atoms with E-state index in [4.69, 9.17) is 0 Å². The van der Waals surface area contributed by atoms with Crippen molar-refractivity contribution in [1.29, 1.82) is 0 Å².